The van der Waals surface area contributed by atoms with Crippen LogP contribution in [0.4, 0.5) is 34.1 Å². The molecule has 13 rings (SSSR count). The summed E-state index contributed by atoms with van der Waals surface area (Å²) in [6.07, 6.45) is 2.59. The van der Waals surface area contributed by atoms with E-state index in [1.807, 2.05) is 0 Å². The highest BCUT2D eigenvalue weighted by Crippen LogP contribution is 2.50. The fourth-order valence-corrected chi connectivity index (χ4v) is 10.2. The minimum atomic E-state index is 0.347. The number of ether oxygens (including phenoxy) is 2. The highest BCUT2D eigenvalue weighted by Gasteiger charge is 2.26. The van der Waals surface area contributed by atoms with Crippen molar-refractivity contribution in [1.82, 2.24) is 0 Å². The minimum absolute atomic E-state index is 0.347. The lowest BCUT2D eigenvalue weighted by atomic mass is 9.88. The molecule has 2 heterocycles. The van der Waals surface area contributed by atoms with E-state index in [-0.39, 0.29) is 0 Å². The second kappa shape index (κ2) is 14.2. The molecule has 0 aliphatic carbocycles. The van der Waals surface area contributed by atoms with Gasteiger partial charge < -0.3 is 19.3 Å². The summed E-state index contributed by atoms with van der Waals surface area (Å²) in [6.45, 7) is 1.71. The Labute approximate surface area is 360 Å². The summed E-state index contributed by atoms with van der Waals surface area (Å²) >= 11 is 0. The maximum atomic E-state index is 5.58. The van der Waals surface area contributed by atoms with E-state index in [9.17, 15) is 0 Å². The average molecular weight is 799 g/mol. The molecule has 296 valence electrons. The fraction of sp³-hybridized carbons (Fsp3) is 0.103. The second-order valence-electron chi connectivity index (χ2n) is 17.0. The van der Waals surface area contributed by atoms with Crippen molar-refractivity contribution in [2.75, 3.05) is 23.0 Å². The van der Waals surface area contributed by atoms with Gasteiger partial charge in [0.2, 0.25) is 0 Å². The van der Waals surface area contributed by atoms with Crippen LogP contribution >= 0.6 is 0 Å². The standard InChI is InChI=1S/C58H42N2O2/c1-3-13-45-39(9-1)11-5-19-53(45)59(41-25-21-37(22-26-41)33-43-35-61-43)55-31-29-49-50-30-32-56(52-18-8-16-48(58(50)52)47-15-7-17-51(55)57(47)49)60(42-27-23-38(24-28-42)34-44-36-62-44)54-20-6-12-40-10-2-4-14-46(40)54/h1-32,43-44H,33-36H2. The maximum absolute atomic E-state index is 5.58. The minimum Gasteiger partial charge on any atom is -0.373 e. The Balaban J connectivity index is 1.03. The van der Waals surface area contributed by atoms with Gasteiger partial charge in [-0.15, -0.1) is 0 Å². The van der Waals surface area contributed by atoms with Crippen LogP contribution in [-0.4, -0.2) is 25.4 Å². The molecule has 0 saturated carbocycles. The largest absolute Gasteiger partial charge is 0.373 e. The van der Waals surface area contributed by atoms with Crippen LogP contribution in [0.3, 0.4) is 0 Å². The van der Waals surface area contributed by atoms with Gasteiger partial charge in [-0.2, -0.15) is 0 Å². The predicted molar refractivity (Wildman–Crippen MR) is 259 cm³/mol. The van der Waals surface area contributed by atoms with Gasteiger partial charge in [-0.25, -0.2) is 0 Å². The molecule has 0 N–H and O–H groups in total. The Kier molecular flexibility index (Phi) is 8.12. The van der Waals surface area contributed by atoms with Crippen LogP contribution in [-0.2, 0) is 22.3 Å². The number of anilines is 6. The van der Waals surface area contributed by atoms with Gasteiger partial charge in [-0.05, 0) is 103 Å². The lowest BCUT2D eigenvalue weighted by Crippen LogP contribution is -2.12. The number of epoxide rings is 2. The summed E-state index contributed by atoms with van der Waals surface area (Å²) in [7, 11) is 0. The van der Waals surface area contributed by atoms with Gasteiger partial charge in [-0.3, -0.25) is 0 Å². The predicted octanol–water partition coefficient (Wildman–Crippen LogP) is 14.9. The van der Waals surface area contributed by atoms with Crippen molar-refractivity contribution in [3.63, 3.8) is 0 Å². The van der Waals surface area contributed by atoms with Gasteiger partial charge in [-0.1, -0.05) is 146 Å². The van der Waals surface area contributed by atoms with Crippen LogP contribution in [0.2, 0.25) is 0 Å². The highest BCUT2D eigenvalue weighted by atomic mass is 16.6. The van der Waals surface area contributed by atoms with Gasteiger partial charge in [0.15, 0.2) is 0 Å². The molecule has 0 spiro atoms. The zero-order valence-electron chi connectivity index (χ0n) is 34.2. The van der Waals surface area contributed by atoms with E-state index in [1.54, 1.807) is 0 Å². The molecule has 2 fully saturated rings. The topological polar surface area (TPSA) is 31.5 Å². The SMILES string of the molecule is c1ccc2c(N(c3ccc(CC4CO4)cc3)c3ccc4c5ccc(N(c6ccc(CC7CO7)cc6)c6cccc7ccccc67)c6cccc(c7cccc3c74)c65)cccc2c1. The van der Waals surface area contributed by atoms with Crippen LogP contribution in [0.1, 0.15) is 11.1 Å². The maximum Gasteiger partial charge on any atom is 0.0850 e. The van der Waals surface area contributed by atoms with E-state index >= 15 is 0 Å². The fourth-order valence-electron chi connectivity index (χ4n) is 10.2. The van der Waals surface area contributed by atoms with Crippen molar-refractivity contribution in [2.24, 2.45) is 0 Å². The van der Waals surface area contributed by atoms with Crippen LogP contribution in [0.5, 0.6) is 0 Å². The Bertz CT molecular complexity index is 3230. The Morgan fingerprint density at radius 1 is 0.323 bits per heavy atom. The monoisotopic (exact) mass is 798 g/mol. The Morgan fingerprint density at radius 2 is 0.661 bits per heavy atom. The molecule has 2 unspecified atom stereocenters. The van der Waals surface area contributed by atoms with Crippen LogP contribution in [0.25, 0.3) is 64.6 Å². The number of benzene rings is 11. The van der Waals surface area contributed by atoms with Crippen molar-refractivity contribution in [3.05, 3.63) is 205 Å². The summed E-state index contributed by atoms with van der Waals surface area (Å²) in [5.41, 5.74) is 9.50. The quantitative estimate of drug-likeness (QED) is 0.0783. The zero-order valence-corrected chi connectivity index (χ0v) is 34.2. The summed E-state index contributed by atoms with van der Waals surface area (Å²) in [5.74, 6) is 0. The van der Waals surface area contributed by atoms with Crippen LogP contribution in [0, 0.1) is 0 Å². The smallest absolute Gasteiger partial charge is 0.0850 e. The van der Waals surface area contributed by atoms with E-state index < -0.39 is 0 Å². The molecule has 4 nitrogen and oxygen atoms in total. The molecule has 0 radical (unpaired) electrons. The number of rotatable bonds is 10. The lowest BCUT2D eigenvalue weighted by Gasteiger charge is -2.30. The van der Waals surface area contributed by atoms with Crippen molar-refractivity contribution in [1.29, 1.82) is 0 Å². The molecule has 0 aromatic heterocycles. The molecule has 2 atom stereocenters. The molecule has 0 amide bonds. The summed E-state index contributed by atoms with van der Waals surface area (Å²) in [5, 5.41) is 14.9. The summed E-state index contributed by atoms with van der Waals surface area (Å²) in [6, 6.07) is 72.2. The van der Waals surface area contributed by atoms with Gasteiger partial charge in [0.05, 0.1) is 48.2 Å². The lowest BCUT2D eigenvalue weighted by molar-refractivity contribution is 0.407. The molecule has 2 aliphatic rings. The van der Waals surface area contributed by atoms with Gasteiger partial charge in [0.1, 0.15) is 0 Å². The number of nitrogens with zero attached hydrogens (tertiary/aromatic N) is 2. The third kappa shape index (κ3) is 5.90. The van der Waals surface area contributed by atoms with E-state index in [0.717, 1.165) is 60.2 Å². The average Bonchev–Trinajstić information content (AvgIpc) is 4.29. The van der Waals surface area contributed by atoms with Gasteiger partial charge >= 0.3 is 0 Å². The third-order valence-corrected chi connectivity index (χ3v) is 13.2. The Hall–Kier alpha value is -7.24. The molecule has 11 aromatic carbocycles. The van der Waals surface area contributed by atoms with Crippen LogP contribution in [0.15, 0.2) is 194 Å². The van der Waals surface area contributed by atoms with Crippen molar-refractivity contribution < 1.29 is 9.47 Å². The number of fused-ring (bicyclic) bond motifs is 4. The molecular weight excluding hydrogens is 757 g/mol. The first-order chi connectivity index (χ1) is 30.7. The normalized spacial score (nSPS) is 15.9. The third-order valence-electron chi connectivity index (χ3n) is 13.2. The number of hydrogen-bond donors (Lipinski definition) is 0. The van der Waals surface area contributed by atoms with E-state index in [4.69, 9.17) is 9.47 Å². The summed E-state index contributed by atoms with van der Waals surface area (Å²) in [4.78, 5) is 4.93. The first-order valence-corrected chi connectivity index (χ1v) is 21.8. The molecule has 2 saturated heterocycles. The second-order valence-corrected chi connectivity index (χ2v) is 17.0. The first kappa shape index (κ1) is 35.5. The van der Waals surface area contributed by atoms with Crippen molar-refractivity contribution >= 4 is 98.8 Å². The van der Waals surface area contributed by atoms with E-state index in [1.165, 1.54) is 75.8 Å². The van der Waals surface area contributed by atoms with Gasteiger partial charge in [0, 0.05) is 45.8 Å². The van der Waals surface area contributed by atoms with E-state index in [2.05, 4.69) is 204 Å². The molecule has 62 heavy (non-hydrogen) atoms. The molecule has 11 aromatic rings. The number of hydrogen-bond acceptors (Lipinski definition) is 4. The van der Waals surface area contributed by atoms with Crippen molar-refractivity contribution in [2.45, 2.75) is 25.0 Å². The molecular formula is C58H42N2O2. The summed E-state index contributed by atoms with van der Waals surface area (Å²) < 4.78 is 11.2. The van der Waals surface area contributed by atoms with Crippen molar-refractivity contribution in [3.8, 4) is 0 Å². The molecule has 4 heteroatoms. The Morgan fingerprint density at radius 3 is 1.10 bits per heavy atom. The van der Waals surface area contributed by atoms with Gasteiger partial charge in [0.25, 0.3) is 0 Å². The zero-order chi connectivity index (χ0) is 40.7. The van der Waals surface area contributed by atoms with Crippen LogP contribution < -0.4 is 9.80 Å². The molecule has 2 aliphatic heterocycles. The highest BCUT2D eigenvalue weighted by molar-refractivity contribution is 6.35. The van der Waals surface area contributed by atoms with E-state index in [0.29, 0.717) is 12.2 Å². The first-order valence-electron chi connectivity index (χ1n) is 21.8. The molecule has 0 bridgehead atoms.